The molecule has 0 saturated carbocycles. The van der Waals surface area contributed by atoms with E-state index in [9.17, 15) is 9.18 Å². The predicted molar refractivity (Wildman–Crippen MR) is 72.7 cm³/mol. The van der Waals surface area contributed by atoms with E-state index < -0.39 is 11.7 Å². The highest BCUT2D eigenvalue weighted by molar-refractivity contribution is 6.30. The van der Waals surface area contributed by atoms with Gasteiger partial charge in [-0.15, -0.1) is 0 Å². The summed E-state index contributed by atoms with van der Waals surface area (Å²) in [6, 6.07) is 6.91. The zero-order valence-corrected chi connectivity index (χ0v) is 10.8. The summed E-state index contributed by atoms with van der Waals surface area (Å²) in [5.74, 6) is -1.32. The van der Waals surface area contributed by atoms with Crippen LogP contribution < -0.4 is 11.1 Å². The highest BCUT2D eigenvalue weighted by Crippen LogP contribution is 2.21. The molecule has 2 aromatic rings. The predicted octanol–water partition coefficient (Wildman–Crippen LogP) is 2.58. The molecule has 1 heterocycles. The Hall–Kier alpha value is -2.65. The fourth-order valence-corrected chi connectivity index (χ4v) is 1.73. The van der Waals surface area contributed by atoms with Gasteiger partial charge in [0.1, 0.15) is 22.6 Å². The molecular formula is C13H8ClFN4O. The summed E-state index contributed by atoms with van der Waals surface area (Å²) < 4.78 is 13.4. The molecule has 0 aliphatic rings. The number of nitrogens with zero attached hydrogens (tertiary/aromatic N) is 2. The fraction of sp³-hybridized carbons (Fsp3) is 0. The Kier molecular flexibility index (Phi) is 3.82. The number of anilines is 2. The first-order chi connectivity index (χ1) is 9.52. The van der Waals surface area contributed by atoms with E-state index in [2.05, 4.69) is 10.3 Å². The zero-order chi connectivity index (χ0) is 14.7. The van der Waals surface area contributed by atoms with Gasteiger partial charge in [0, 0.05) is 0 Å². The van der Waals surface area contributed by atoms with Crippen LogP contribution >= 0.6 is 11.6 Å². The van der Waals surface area contributed by atoms with E-state index in [1.807, 2.05) is 0 Å². The number of nitrogen functional groups attached to an aromatic ring is 1. The Labute approximate surface area is 118 Å². The maximum Gasteiger partial charge on any atom is 0.257 e. The number of nitrogens with two attached hydrogens (primary N) is 1. The first-order valence-electron chi connectivity index (χ1n) is 5.44. The molecule has 1 aromatic carbocycles. The molecule has 0 aliphatic heterocycles. The van der Waals surface area contributed by atoms with Gasteiger partial charge in [-0.1, -0.05) is 17.7 Å². The molecular weight excluding hydrogens is 283 g/mol. The number of amides is 1. The standard InChI is InChI=1S/C13H8ClFN4O/c14-12-4-7(10(17)6-18-12)13(20)19-11-3-1-2-9(15)8(11)5-16/h1-4,6H,17H2,(H,19,20). The van der Waals surface area contributed by atoms with Gasteiger partial charge in [-0.2, -0.15) is 5.26 Å². The molecule has 3 N–H and O–H groups in total. The Morgan fingerprint density at radius 1 is 1.50 bits per heavy atom. The Bertz CT molecular complexity index is 727. The van der Waals surface area contributed by atoms with Crippen molar-refractivity contribution in [3.05, 3.63) is 52.6 Å². The van der Waals surface area contributed by atoms with E-state index in [4.69, 9.17) is 22.6 Å². The molecule has 0 aliphatic carbocycles. The number of hydrogen-bond acceptors (Lipinski definition) is 4. The van der Waals surface area contributed by atoms with Crippen LogP contribution in [0.4, 0.5) is 15.8 Å². The molecule has 5 nitrogen and oxygen atoms in total. The van der Waals surface area contributed by atoms with Crippen LogP contribution in [0, 0.1) is 17.1 Å². The second-order valence-electron chi connectivity index (χ2n) is 3.82. The fourth-order valence-electron chi connectivity index (χ4n) is 1.57. The molecule has 0 saturated heterocycles. The van der Waals surface area contributed by atoms with Gasteiger partial charge in [0.2, 0.25) is 0 Å². The number of pyridine rings is 1. The van der Waals surface area contributed by atoms with Gasteiger partial charge in [-0.3, -0.25) is 4.79 Å². The summed E-state index contributed by atoms with van der Waals surface area (Å²) in [4.78, 5) is 15.8. The normalized spacial score (nSPS) is 9.85. The molecule has 0 atom stereocenters. The number of rotatable bonds is 2. The topological polar surface area (TPSA) is 91.8 Å². The number of aromatic nitrogens is 1. The summed E-state index contributed by atoms with van der Waals surface area (Å²) in [7, 11) is 0. The van der Waals surface area contributed by atoms with Crippen LogP contribution in [-0.2, 0) is 0 Å². The monoisotopic (exact) mass is 290 g/mol. The van der Waals surface area contributed by atoms with E-state index >= 15 is 0 Å². The van der Waals surface area contributed by atoms with Crippen molar-refractivity contribution < 1.29 is 9.18 Å². The summed E-state index contributed by atoms with van der Waals surface area (Å²) in [5.41, 5.74) is 5.66. The lowest BCUT2D eigenvalue weighted by molar-refractivity contribution is 0.102. The Balaban J connectivity index is 2.36. The van der Waals surface area contributed by atoms with Crippen LogP contribution in [0.5, 0.6) is 0 Å². The van der Waals surface area contributed by atoms with Gasteiger partial charge in [0.25, 0.3) is 5.91 Å². The number of carbonyl (C=O) groups excluding carboxylic acids is 1. The van der Waals surface area contributed by atoms with Crippen molar-refractivity contribution in [2.75, 3.05) is 11.1 Å². The SMILES string of the molecule is N#Cc1c(F)cccc1NC(=O)c1cc(Cl)ncc1N. The Morgan fingerprint density at radius 3 is 2.95 bits per heavy atom. The van der Waals surface area contributed by atoms with Gasteiger partial charge >= 0.3 is 0 Å². The summed E-state index contributed by atoms with van der Waals surface area (Å²) in [5, 5.41) is 11.4. The smallest absolute Gasteiger partial charge is 0.257 e. The van der Waals surface area contributed by atoms with Crippen LogP contribution in [0.25, 0.3) is 0 Å². The van der Waals surface area contributed by atoms with Crippen LogP contribution in [0.1, 0.15) is 15.9 Å². The van der Waals surface area contributed by atoms with Gasteiger partial charge in [0.05, 0.1) is 23.1 Å². The number of halogens is 2. The third-order valence-electron chi connectivity index (χ3n) is 2.52. The number of carbonyl (C=O) groups is 1. The minimum Gasteiger partial charge on any atom is -0.397 e. The second kappa shape index (κ2) is 5.55. The molecule has 100 valence electrons. The van der Waals surface area contributed by atoms with Gasteiger partial charge < -0.3 is 11.1 Å². The molecule has 0 unspecified atom stereocenters. The molecule has 0 spiro atoms. The minimum absolute atomic E-state index is 0.0600. The number of nitrogens with one attached hydrogen (secondary N) is 1. The third-order valence-corrected chi connectivity index (χ3v) is 2.73. The van der Waals surface area contributed by atoms with Crippen molar-refractivity contribution in [3.8, 4) is 6.07 Å². The molecule has 7 heteroatoms. The summed E-state index contributed by atoms with van der Waals surface area (Å²) >= 11 is 5.69. The molecule has 0 bridgehead atoms. The van der Waals surface area contributed by atoms with Crippen molar-refractivity contribution in [3.63, 3.8) is 0 Å². The van der Waals surface area contributed by atoms with Crippen molar-refractivity contribution in [1.29, 1.82) is 5.26 Å². The minimum atomic E-state index is -0.717. The maximum absolute atomic E-state index is 13.4. The second-order valence-corrected chi connectivity index (χ2v) is 4.21. The lowest BCUT2D eigenvalue weighted by atomic mass is 10.1. The molecule has 2 rings (SSSR count). The highest BCUT2D eigenvalue weighted by atomic mass is 35.5. The molecule has 0 radical (unpaired) electrons. The zero-order valence-electron chi connectivity index (χ0n) is 10.0. The molecule has 0 fully saturated rings. The summed E-state index contributed by atoms with van der Waals surface area (Å²) in [6.07, 6.45) is 1.24. The van der Waals surface area contributed by atoms with E-state index in [0.717, 1.165) is 6.07 Å². The van der Waals surface area contributed by atoms with Gasteiger partial charge in [-0.25, -0.2) is 9.37 Å². The third kappa shape index (κ3) is 2.68. The lowest BCUT2D eigenvalue weighted by Gasteiger charge is -2.09. The van der Waals surface area contributed by atoms with Gasteiger partial charge in [-0.05, 0) is 18.2 Å². The van der Waals surface area contributed by atoms with Crippen LogP contribution in [0.2, 0.25) is 5.15 Å². The van der Waals surface area contributed by atoms with E-state index in [1.165, 1.54) is 24.4 Å². The quantitative estimate of drug-likeness (QED) is 0.832. The van der Waals surface area contributed by atoms with Crippen LogP contribution in [0.3, 0.4) is 0 Å². The van der Waals surface area contributed by atoms with Crippen molar-refractivity contribution in [2.45, 2.75) is 0 Å². The average molecular weight is 291 g/mol. The average Bonchev–Trinajstić information content (AvgIpc) is 2.41. The van der Waals surface area contributed by atoms with E-state index in [0.29, 0.717) is 0 Å². The van der Waals surface area contributed by atoms with Crippen molar-refractivity contribution >= 4 is 28.9 Å². The van der Waals surface area contributed by atoms with E-state index in [1.54, 1.807) is 6.07 Å². The number of nitriles is 1. The molecule has 1 aromatic heterocycles. The number of benzene rings is 1. The molecule has 1 amide bonds. The van der Waals surface area contributed by atoms with E-state index in [-0.39, 0.29) is 27.7 Å². The van der Waals surface area contributed by atoms with Crippen LogP contribution in [-0.4, -0.2) is 10.9 Å². The highest BCUT2D eigenvalue weighted by Gasteiger charge is 2.15. The summed E-state index contributed by atoms with van der Waals surface area (Å²) in [6.45, 7) is 0. The first kappa shape index (κ1) is 13.8. The Morgan fingerprint density at radius 2 is 2.25 bits per heavy atom. The van der Waals surface area contributed by atoms with Crippen LogP contribution in [0.15, 0.2) is 30.5 Å². The molecule has 20 heavy (non-hydrogen) atoms. The lowest BCUT2D eigenvalue weighted by Crippen LogP contribution is -2.15. The largest absolute Gasteiger partial charge is 0.397 e. The van der Waals surface area contributed by atoms with Crippen molar-refractivity contribution in [1.82, 2.24) is 4.98 Å². The van der Waals surface area contributed by atoms with Crippen molar-refractivity contribution in [2.24, 2.45) is 0 Å². The number of hydrogen-bond donors (Lipinski definition) is 2. The first-order valence-corrected chi connectivity index (χ1v) is 5.81. The van der Waals surface area contributed by atoms with Gasteiger partial charge in [0.15, 0.2) is 0 Å². The maximum atomic E-state index is 13.4.